The molecule has 94 valence electrons. The quantitative estimate of drug-likeness (QED) is 0.742. The number of hydrogen-bond acceptors (Lipinski definition) is 4. The lowest BCUT2D eigenvalue weighted by Gasteiger charge is -2.08. The van der Waals surface area contributed by atoms with E-state index in [9.17, 15) is 9.00 Å². The standard InChI is InChI=1S/C11H16N2O3S/c1-16-10-3-2-8(4-9(10)5-12)6-17(15)7-11(13)14/h2-4H,5-7,12H2,1H3,(H2,13,14). The summed E-state index contributed by atoms with van der Waals surface area (Å²) in [4.78, 5) is 10.6. The fourth-order valence-corrected chi connectivity index (χ4v) is 2.45. The van der Waals surface area contributed by atoms with Crippen LogP contribution in [0, 0.1) is 0 Å². The molecule has 1 aromatic carbocycles. The molecular weight excluding hydrogens is 240 g/mol. The molecule has 0 saturated heterocycles. The van der Waals surface area contributed by atoms with Crippen LogP contribution in [0.4, 0.5) is 0 Å². The molecule has 0 heterocycles. The Morgan fingerprint density at radius 3 is 2.71 bits per heavy atom. The second-order valence-corrected chi connectivity index (χ2v) is 5.00. The number of hydrogen-bond donors (Lipinski definition) is 2. The molecule has 5 nitrogen and oxygen atoms in total. The van der Waals surface area contributed by atoms with Crippen LogP contribution in [0.2, 0.25) is 0 Å². The Balaban J connectivity index is 2.79. The van der Waals surface area contributed by atoms with E-state index in [0.717, 1.165) is 11.1 Å². The van der Waals surface area contributed by atoms with Gasteiger partial charge in [0.1, 0.15) is 11.5 Å². The van der Waals surface area contributed by atoms with Gasteiger partial charge in [0, 0.05) is 28.7 Å². The molecule has 0 radical (unpaired) electrons. The van der Waals surface area contributed by atoms with Crippen LogP contribution in [0.25, 0.3) is 0 Å². The Morgan fingerprint density at radius 2 is 2.18 bits per heavy atom. The number of benzene rings is 1. The van der Waals surface area contributed by atoms with Crippen LogP contribution in [0.15, 0.2) is 18.2 Å². The molecule has 0 aliphatic carbocycles. The number of primary amides is 1. The number of carbonyl (C=O) groups is 1. The van der Waals surface area contributed by atoms with Crippen LogP contribution < -0.4 is 16.2 Å². The first-order valence-electron chi connectivity index (χ1n) is 5.06. The lowest BCUT2D eigenvalue weighted by molar-refractivity contribution is -0.115. The van der Waals surface area contributed by atoms with Crippen molar-refractivity contribution in [3.05, 3.63) is 29.3 Å². The number of rotatable bonds is 6. The lowest BCUT2D eigenvalue weighted by Crippen LogP contribution is -2.20. The van der Waals surface area contributed by atoms with Crippen molar-refractivity contribution in [2.24, 2.45) is 11.5 Å². The average molecular weight is 256 g/mol. The Labute approximate surface area is 103 Å². The highest BCUT2D eigenvalue weighted by atomic mass is 32.2. The van der Waals surface area contributed by atoms with E-state index in [-0.39, 0.29) is 5.75 Å². The van der Waals surface area contributed by atoms with Gasteiger partial charge in [0.05, 0.1) is 7.11 Å². The van der Waals surface area contributed by atoms with Gasteiger partial charge < -0.3 is 16.2 Å². The molecule has 4 N–H and O–H groups in total. The van der Waals surface area contributed by atoms with Crippen LogP contribution >= 0.6 is 0 Å². The Hall–Kier alpha value is -1.40. The summed E-state index contributed by atoms with van der Waals surface area (Å²) in [6.07, 6.45) is 0. The number of nitrogens with two attached hydrogens (primary N) is 2. The SMILES string of the molecule is COc1ccc(CS(=O)CC(N)=O)cc1CN. The Morgan fingerprint density at radius 1 is 1.47 bits per heavy atom. The maximum absolute atomic E-state index is 11.5. The minimum atomic E-state index is -1.28. The van der Waals surface area contributed by atoms with Crippen molar-refractivity contribution in [3.8, 4) is 5.75 Å². The van der Waals surface area contributed by atoms with E-state index in [1.165, 1.54) is 0 Å². The largest absolute Gasteiger partial charge is 0.496 e. The highest BCUT2D eigenvalue weighted by Crippen LogP contribution is 2.20. The Kier molecular flexibility index (Phi) is 5.11. The number of carbonyl (C=O) groups excluding carboxylic acids is 1. The van der Waals surface area contributed by atoms with E-state index < -0.39 is 16.7 Å². The van der Waals surface area contributed by atoms with Crippen molar-refractivity contribution in [1.29, 1.82) is 0 Å². The smallest absolute Gasteiger partial charge is 0.230 e. The summed E-state index contributed by atoms with van der Waals surface area (Å²) in [6.45, 7) is 0.347. The van der Waals surface area contributed by atoms with Crippen molar-refractivity contribution in [2.75, 3.05) is 12.9 Å². The molecule has 1 unspecified atom stereocenters. The molecule has 1 rings (SSSR count). The van der Waals surface area contributed by atoms with Crippen LogP contribution in [0.5, 0.6) is 5.75 Å². The monoisotopic (exact) mass is 256 g/mol. The van der Waals surface area contributed by atoms with Crippen molar-refractivity contribution in [2.45, 2.75) is 12.3 Å². The zero-order valence-corrected chi connectivity index (χ0v) is 10.5. The molecule has 1 aromatic rings. The van der Waals surface area contributed by atoms with Crippen molar-refractivity contribution >= 4 is 16.7 Å². The first-order chi connectivity index (χ1) is 8.06. The van der Waals surface area contributed by atoms with Crippen LogP contribution in [0.3, 0.4) is 0 Å². The highest BCUT2D eigenvalue weighted by Gasteiger charge is 2.08. The lowest BCUT2D eigenvalue weighted by atomic mass is 10.1. The molecule has 0 aliphatic rings. The summed E-state index contributed by atoms with van der Waals surface area (Å²) in [5.41, 5.74) is 12.3. The fraction of sp³-hybridized carbons (Fsp3) is 0.364. The molecule has 1 atom stereocenters. The predicted octanol–water partition coefficient (Wildman–Crippen LogP) is -0.112. The predicted molar refractivity (Wildman–Crippen MR) is 66.8 cm³/mol. The number of amides is 1. The molecule has 1 amide bonds. The second-order valence-electron chi connectivity index (χ2n) is 3.55. The average Bonchev–Trinajstić information content (AvgIpc) is 2.27. The molecule has 0 bridgehead atoms. The van der Waals surface area contributed by atoms with E-state index >= 15 is 0 Å². The van der Waals surface area contributed by atoms with Crippen LogP contribution in [0.1, 0.15) is 11.1 Å². The maximum atomic E-state index is 11.5. The number of ether oxygens (including phenoxy) is 1. The fourth-order valence-electron chi connectivity index (χ4n) is 1.48. The van der Waals surface area contributed by atoms with E-state index in [4.69, 9.17) is 16.2 Å². The van der Waals surface area contributed by atoms with Gasteiger partial charge in [-0.2, -0.15) is 0 Å². The second kappa shape index (κ2) is 6.36. The molecule has 17 heavy (non-hydrogen) atoms. The molecule has 0 saturated carbocycles. The summed E-state index contributed by atoms with van der Waals surface area (Å²) in [6, 6.07) is 5.41. The molecule has 0 spiro atoms. The normalized spacial score (nSPS) is 12.1. The minimum absolute atomic E-state index is 0.121. The summed E-state index contributed by atoms with van der Waals surface area (Å²) in [5.74, 6) is 0.317. The molecule has 0 aromatic heterocycles. The molecule has 0 aliphatic heterocycles. The maximum Gasteiger partial charge on any atom is 0.230 e. The number of methoxy groups -OCH3 is 1. The third-order valence-corrected chi connectivity index (χ3v) is 3.46. The highest BCUT2D eigenvalue weighted by molar-refractivity contribution is 7.84. The zero-order valence-electron chi connectivity index (χ0n) is 9.64. The molecule has 6 heteroatoms. The first-order valence-corrected chi connectivity index (χ1v) is 6.54. The van der Waals surface area contributed by atoms with Gasteiger partial charge in [-0.1, -0.05) is 6.07 Å². The van der Waals surface area contributed by atoms with Gasteiger partial charge in [-0.15, -0.1) is 0 Å². The van der Waals surface area contributed by atoms with Gasteiger partial charge in [-0.25, -0.2) is 0 Å². The van der Waals surface area contributed by atoms with Gasteiger partial charge in [0.15, 0.2) is 0 Å². The van der Waals surface area contributed by atoms with E-state index in [1.54, 1.807) is 19.2 Å². The topological polar surface area (TPSA) is 95.4 Å². The molecule has 0 fully saturated rings. The first kappa shape index (κ1) is 13.7. The van der Waals surface area contributed by atoms with Crippen LogP contribution in [-0.4, -0.2) is 23.0 Å². The van der Waals surface area contributed by atoms with E-state index in [2.05, 4.69) is 0 Å². The van der Waals surface area contributed by atoms with Gasteiger partial charge in [-0.05, 0) is 17.7 Å². The van der Waals surface area contributed by atoms with Crippen molar-refractivity contribution in [3.63, 3.8) is 0 Å². The Bertz CT molecular complexity index is 435. The van der Waals surface area contributed by atoms with E-state index in [1.807, 2.05) is 6.07 Å². The molecular formula is C11H16N2O3S. The van der Waals surface area contributed by atoms with Gasteiger partial charge in [-0.3, -0.25) is 9.00 Å². The van der Waals surface area contributed by atoms with Crippen molar-refractivity contribution < 1.29 is 13.7 Å². The summed E-state index contributed by atoms with van der Waals surface area (Å²) >= 11 is 0. The third kappa shape index (κ3) is 4.16. The zero-order chi connectivity index (χ0) is 12.8. The van der Waals surface area contributed by atoms with Gasteiger partial charge >= 0.3 is 0 Å². The summed E-state index contributed by atoms with van der Waals surface area (Å²) < 4.78 is 16.7. The summed E-state index contributed by atoms with van der Waals surface area (Å²) in [5, 5.41) is 0. The third-order valence-electron chi connectivity index (χ3n) is 2.20. The van der Waals surface area contributed by atoms with E-state index in [0.29, 0.717) is 18.0 Å². The van der Waals surface area contributed by atoms with Gasteiger partial charge in [0.25, 0.3) is 0 Å². The summed E-state index contributed by atoms with van der Waals surface area (Å²) in [7, 11) is 0.293. The van der Waals surface area contributed by atoms with Crippen LogP contribution in [-0.2, 0) is 27.9 Å². The van der Waals surface area contributed by atoms with Crippen molar-refractivity contribution in [1.82, 2.24) is 0 Å². The minimum Gasteiger partial charge on any atom is -0.496 e. The van der Waals surface area contributed by atoms with Gasteiger partial charge in [0.2, 0.25) is 5.91 Å².